The van der Waals surface area contributed by atoms with Gasteiger partial charge in [-0.3, -0.25) is 13.8 Å². The minimum atomic E-state index is -4.34. The smallest absolute Gasteiger partial charge is 0.387 e. The van der Waals surface area contributed by atoms with E-state index >= 15 is 0 Å². The topological polar surface area (TPSA) is 131 Å². The lowest BCUT2D eigenvalue weighted by Gasteiger charge is -2.23. The van der Waals surface area contributed by atoms with Gasteiger partial charge >= 0.3 is 7.82 Å². The summed E-state index contributed by atoms with van der Waals surface area (Å²) in [6.45, 7) is 4.12. The predicted octanol–water partition coefficient (Wildman–Crippen LogP) is 11.4. The number of hydrogen-bond donors (Lipinski definition) is 4. The molecular weight excluding hydrogens is 647 g/mol. The van der Waals surface area contributed by atoms with Crippen molar-refractivity contribution in [1.82, 2.24) is 5.32 Å². The van der Waals surface area contributed by atoms with Gasteiger partial charge in [0.2, 0.25) is 5.91 Å². The molecular formula is C41H81N2O6P. The first-order valence-corrected chi connectivity index (χ1v) is 22.5. The Hall–Kier alpha value is -1.02. The Bertz CT molecular complexity index is 840. The van der Waals surface area contributed by atoms with Gasteiger partial charge in [0.1, 0.15) is 0 Å². The van der Waals surface area contributed by atoms with Crippen molar-refractivity contribution in [2.75, 3.05) is 19.8 Å². The molecule has 0 aliphatic rings. The van der Waals surface area contributed by atoms with Gasteiger partial charge in [0.05, 0.1) is 25.4 Å². The first-order valence-electron chi connectivity index (χ1n) is 21.0. The van der Waals surface area contributed by atoms with E-state index in [1.165, 1.54) is 141 Å². The number of aliphatic hydroxyl groups is 1. The van der Waals surface area contributed by atoms with Crippen LogP contribution >= 0.6 is 7.82 Å². The number of carbonyl (C=O) groups is 1. The summed E-state index contributed by atoms with van der Waals surface area (Å²) in [5.41, 5.74) is 5.36. The molecule has 0 spiro atoms. The fraction of sp³-hybridized carbons (Fsp3) is 0.878. The van der Waals surface area contributed by atoms with Crippen LogP contribution in [0.4, 0.5) is 0 Å². The average molecular weight is 729 g/mol. The molecule has 0 aliphatic carbocycles. The lowest BCUT2D eigenvalue weighted by Crippen LogP contribution is -2.45. The minimum absolute atomic E-state index is 0.0758. The minimum Gasteiger partial charge on any atom is -0.387 e. The Balaban J connectivity index is 4.27. The molecule has 9 heteroatoms. The van der Waals surface area contributed by atoms with Crippen molar-refractivity contribution in [2.24, 2.45) is 5.73 Å². The second-order valence-electron chi connectivity index (χ2n) is 14.2. The zero-order valence-electron chi connectivity index (χ0n) is 32.6. The quantitative estimate of drug-likeness (QED) is 0.0281. The van der Waals surface area contributed by atoms with Gasteiger partial charge in [0.15, 0.2) is 0 Å². The van der Waals surface area contributed by atoms with Crippen LogP contribution in [0.5, 0.6) is 0 Å². The molecule has 0 fully saturated rings. The van der Waals surface area contributed by atoms with Gasteiger partial charge < -0.3 is 21.1 Å². The van der Waals surface area contributed by atoms with E-state index in [0.717, 1.165) is 38.5 Å². The van der Waals surface area contributed by atoms with Crippen molar-refractivity contribution in [3.8, 4) is 0 Å². The fourth-order valence-corrected chi connectivity index (χ4v) is 6.85. The van der Waals surface area contributed by atoms with Crippen LogP contribution in [0.3, 0.4) is 0 Å². The molecule has 296 valence electrons. The van der Waals surface area contributed by atoms with Crippen molar-refractivity contribution in [1.29, 1.82) is 0 Å². The van der Waals surface area contributed by atoms with Crippen molar-refractivity contribution in [2.45, 2.75) is 212 Å². The zero-order valence-corrected chi connectivity index (χ0v) is 33.5. The van der Waals surface area contributed by atoms with E-state index in [2.05, 4.69) is 31.3 Å². The van der Waals surface area contributed by atoms with Crippen LogP contribution in [0.15, 0.2) is 24.3 Å². The van der Waals surface area contributed by atoms with E-state index in [1.807, 2.05) is 6.08 Å². The third kappa shape index (κ3) is 35.4. The molecule has 8 nitrogen and oxygen atoms in total. The van der Waals surface area contributed by atoms with Crippen LogP contribution in [0.1, 0.15) is 200 Å². The van der Waals surface area contributed by atoms with E-state index in [1.54, 1.807) is 6.08 Å². The summed E-state index contributed by atoms with van der Waals surface area (Å²) in [6, 6.07) is -0.871. The Morgan fingerprint density at radius 3 is 1.54 bits per heavy atom. The third-order valence-electron chi connectivity index (χ3n) is 9.28. The molecule has 0 saturated carbocycles. The van der Waals surface area contributed by atoms with Gasteiger partial charge in [-0.1, -0.05) is 186 Å². The first-order chi connectivity index (χ1) is 24.4. The van der Waals surface area contributed by atoms with Crippen LogP contribution in [0.25, 0.3) is 0 Å². The van der Waals surface area contributed by atoms with Gasteiger partial charge in [-0.05, 0) is 32.1 Å². The molecule has 0 radical (unpaired) electrons. The number of hydrogen-bond acceptors (Lipinski definition) is 6. The molecule has 0 bridgehead atoms. The number of rotatable bonds is 39. The molecule has 0 aliphatic heterocycles. The van der Waals surface area contributed by atoms with Gasteiger partial charge in [-0.25, -0.2) is 4.57 Å². The largest absolute Gasteiger partial charge is 0.472 e. The highest BCUT2D eigenvalue weighted by Crippen LogP contribution is 2.43. The number of allylic oxidation sites excluding steroid dienone is 3. The highest BCUT2D eigenvalue weighted by molar-refractivity contribution is 7.47. The van der Waals surface area contributed by atoms with Crippen LogP contribution in [0, 0.1) is 0 Å². The van der Waals surface area contributed by atoms with Gasteiger partial charge in [-0.15, -0.1) is 0 Å². The molecule has 3 atom stereocenters. The molecule has 1 amide bonds. The molecule has 50 heavy (non-hydrogen) atoms. The normalized spacial score (nSPS) is 14.4. The van der Waals surface area contributed by atoms with Crippen molar-refractivity contribution in [3.63, 3.8) is 0 Å². The van der Waals surface area contributed by atoms with Crippen molar-refractivity contribution in [3.05, 3.63) is 24.3 Å². The van der Waals surface area contributed by atoms with Gasteiger partial charge in [-0.2, -0.15) is 0 Å². The predicted molar refractivity (Wildman–Crippen MR) is 212 cm³/mol. The van der Waals surface area contributed by atoms with E-state index in [9.17, 15) is 19.4 Å². The standard InChI is InChI=1S/C41H81N2O6P/c1-3-5-7-9-11-13-15-17-19-21-23-25-27-29-31-33-35-41(45)43-39(38-49-50(46,47)48-37-36-42)40(44)34-32-30-28-26-24-22-20-18-16-14-12-10-8-6-4-2/h24,26,32,34,39-40,44H,3-23,25,27-31,33,35-38,42H2,1-2H3,(H,43,45)(H,46,47)/b26-24+,34-32+. The number of phosphoric ester groups is 1. The Morgan fingerprint density at radius 2 is 1.06 bits per heavy atom. The molecule has 5 N–H and O–H groups in total. The summed E-state index contributed by atoms with van der Waals surface area (Å²) in [7, 11) is -4.34. The Labute approximate surface area is 308 Å². The maximum Gasteiger partial charge on any atom is 0.472 e. The molecule has 0 aromatic rings. The zero-order chi connectivity index (χ0) is 36.8. The highest BCUT2D eigenvalue weighted by Gasteiger charge is 2.26. The average Bonchev–Trinajstić information content (AvgIpc) is 3.10. The second kappa shape index (κ2) is 37.7. The number of aliphatic hydroxyl groups excluding tert-OH is 1. The van der Waals surface area contributed by atoms with Gasteiger partial charge in [0.25, 0.3) is 0 Å². The molecule has 0 aromatic carbocycles. The first kappa shape index (κ1) is 49.0. The van der Waals surface area contributed by atoms with E-state index in [4.69, 9.17) is 14.8 Å². The fourth-order valence-electron chi connectivity index (χ4n) is 6.09. The van der Waals surface area contributed by atoms with Gasteiger partial charge in [0, 0.05) is 13.0 Å². The monoisotopic (exact) mass is 729 g/mol. The Kier molecular flexibility index (Phi) is 37.0. The van der Waals surface area contributed by atoms with E-state index < -0.39 is 20.0 Å². The SMILES string of the molecule is CCCCCCCCCCC/C=C/CC/C=C/C(O)C(COP(=O)(O)OCCN)NC(=O)CCCCCCCCCCCCCCCCCC. The van der Waals surface area contributed by atoms with E-state index in [0.29, 0.717) is 6.42 Å². The summed E-state index contributed by atoms with van der Waals surface area (Å²) in [5.74, 6) is -0.202. The summed E-state index contributed by atoms with van der Waals surface area (Å²) in [6.07, 6.45) is 42.2. The van der Waals surface area contributed by atoms with Crippen molar-refractivity contribution >= 4 is 13.7 Å². The number of amides is 1. The lowest BCUT2D eigenvalue weighted by atomic mass is 10.0. The molecule has 3 unspecified atom stereocenters. The number of carbonyl (C=O) groups excluding carboxylic acids is 1. The van der Waals surface area contributed by atoms with E-state index in [-0.39, 0.29) is 25.7 Å². The van der Waals surface area contributed by atoms with Crippen molar-refractivity contribution < 1.29 is 28.4 Å². The van der Waals surface area contributed by atoms with Crippen LogP contribution in [-0.4, -0.2) is 47.8 Å². The molecule has 0 rings (SSSR count). The summed E-state index contributed by atoms with van der Waals surface area (Å²) in [4.78, 5) is 22.6. The summed E-state index contributed by atoms with van der Waals surface area (Å²) >= 11 is 0. The maximum atomic E-state index is 12.7. The lowest BCUT2D eigenvalue weighted by molar-refractivity contribution is -0.123. The Morgan fingerprint density at radius 1 is 0.640 bits per heavy atom. The molecule has 0 heterocycles. The summed E-state index contributed by atoms with van der Waals surface area (Å²) in [5, 5.41) is 13.6. The molecule has 0 aromatic heterocycles. The second-order valence-corrected chi connectivity index (χ2v) is 15.7. The number of nitrogens with two attached hydrogens (primary N) is 1. The number of unbranched alkanes of at least 4 members (excludes halogenated alkanes) is 25. The van der Waals surface area contributed by atoms with Crippen LogP contribution in [0.2, 0.25) is 0 Å². The third-order valence-corrected chi connectivity index (χ3v) is 10.3. The summed E-state index contributed by atoms with van der Waals surface area (Å²) < 4.78 is 22.1. The van der Waals surface area contributed by atoms with Crippen LogP contribution in [-0.2, 0) is 18.4 Å². The number of phosphoric acid groups is 1. The molecule has 0 saturated heterocycles. The highest BCUT2D eigenvalue weighted by atomic mass is 31.2. The van der Waals surface area contributed by atoms with Crippen LogP contribution < -0.4 is 11.1 Å². The number of nitrogens with one attached hydrogen (secondary N) is 1. The maximum absolute atomic E-state index is 12.7.